The Morgan fingerprint density at radius 3 is 2.59 bits per heavy atom. The Labute approximate surface area is 169 Å². The van der Waals surface area contributed by atoms with Crippen LogP contribution in [-0.2, 0) is 11.0 Å². The van der Waals surface area contributed by atoms with Crippen LogP contribution in [-0.4, -0.2) is 29.8 Å². The maximum Gasteiger partial charge on any atom is 0.416 e. The van der Waals surface area contributed by atoms with Crippen molar-refractivity contribution in [1.29, 1.82) is 0 Å². The molecule has 154 valence electrons. The number of hydrogen-bond donors (Lipinski definition) is 1. The summed E-state index contributed by atoms with van der Waals surface area (Å²) in [5.74, 6) is -2.04. The molecule has 0 unspecified atom stereocenters. The molecule has 4 nitrogen and oxygen atoms in total. The third-order valence-electron chi connectivity index (χ3n) is 4.71. The van der Waals surface area contributed by atoms with Gasteiger partial charge in [-0.3, -0.25) is 9.59 Å². The van der Waals surface area contributed by atoms with Gasteiger partial charge < -0.3 is 10.2 Å². The lowest BCUT2D eigenvalue weighted by Crippen LogP contribution is -2.43. The van der Waals surface area contributed by atoms with Gasteiger partial charge in [-0.05, 0) is 49.2 Å². The molecule has 0 aliphatic carbocycles. The predicted octanol–water partition coefficient (Wildman–Crippen LogP) is 4.99. The van der Waals surface area contributed by atoms with E-state index in [2.05, 4.69) is 5.32 Å². The van der Waals surface area contributed by atoms with Crippen molar-refractivity contribution in [3.05, 3.63) is 64.4 Å². The van der Waals surface area contributed by atoms with Gasteiger partial charge in [0.25, 0.3) is 5.91 Å². The highest BCUT2D eigenvalue weighted by Gasteiger charge is 2.33. The van der Waals surface area contributed by atoms with E-state index >= 15 is 0 Å². The number of benzene rings is 2. The van der Waals surface area contributed by atoms with E-state index < -0.39 is 29.4 Å². The summed E-state index contributed by atoms with van der Waals surface area (Å²) in [7, 11) is 0. The molecule has 1 N–H and O–H groups in total. The van der Waals surface area contributed by atoms with Gasteiger partial charge in [0.05, 0.1) is 22.2 Å². The summed E-state index contributed by atoms with van der Waals surface area (Å²) < 4.78 is 51.8. The highest BCUT2D eigenvalue weighted by molar-refractivity contribution is 6.33. The van der Waals surface area contributed by atoms with Crippen LogP contribution < -0.4 is 5.32 Å². The zero-order chi connectivity index (χ0) is 21.2. The number of likely N-dealkylation sites (tertiary alicyclic amines) is 1. The van der Waals surface area contributed by atoms with Crippen molar-refractivity contribution in [2.45, 2.75) is 19.0 Å². The minimum absolute atomic E-state index is 0.0473. The predicted molar refractivity (Wildman–Crippen MR) is 100 cm³/mol. The number of nitrogens with zero attached hydrogens (tertiary/aromatic N) is 1. The van der Waals surface area contributed by atoms with Crippen LogP contribution in [0.15, 0.2) is 42.5 Å². The highest BCUT2D eigenvalue weighted by atomic mass is 35.5. The van der Waals surface area contributed by atoms with E-state index in [0.717, 1.165) is 24.3 Å². The molecule has 0 saturated carbocycles. The van der Waals surface area contributed by atoms with Crippen molar-refractivity contribution < 1.29 is 27.2 Å². The molecular formula is C20H17ClF4N2O2. The lowest BCUT2D eigenvalue weighted by atomic mass is 9.96. The maximum absolute atomic E-state index is 13.1. The SMILES string of the molecule is O=C(Nc1ccc(F)cc1Cl)[C@H]1CCCN(C(=O)c2cccc(C(F)(F)F)c2)C1. The van der Waals surface area contributed by atoms with Gasteiger partial charge in [-0.1, -0.05) is 17.7 Å². The molecule has 1 aliphatic rings. The number of hydrogen-bond acceptors (Lipinski definition) is 2. The van der Waals surface area contributed by atoms with Gasteiger partial charge in [0.2, 0.25) is 5.91 Å². The first-order chi connectivity index (χ1) is 13.6. The van der Waals surface area contributed by atoms with Crippen molar-refractivity contribution in [2.24, 2.45) is 5.92 Å². The standard InChI is InChI=1S/C20H17ClF4N2O2/c21-16-10-15(22)6-7-17(16)26-18(28)13-4-2-8-27(11-13)19(29)12-3-1-5-14(9-12)20(23,24)25/h1,3,5-7,9-10,13H,2,4,8,11H2,(H,26,28)/t13-/m0/s1. The van der Waals surface area contributed by atoms with Gasteiger partial charge in [0.15, 0.2) is 0 Å². The van der Waals surface area contributed by atoms with Gasteiger partial charge in [-0.15, -0.1) is 0 Å². The molecule has 0 bridgehead atoms. The third kappa shape index (κ3) is 5.06. The average molecular weight is 429 g/mol. The van der Waals surface area contributed by atoms with Gasteiger partial charge >= 0.3 is 6.18 Å². The number of amides is 2. The summed E-state index contributed by atoms with van der Waals surface area (Å²) in [6, 6.07) is 7.78. The number of piperidine rings is 1. The first-order valence-corrected chi connectivity index (χ1v) is 9.25. The van der Waals surface area contributed by atoms with E-state index in [9.17, 15) is 27.2 Å². The molecule has 1 aliphatic heterocycles. The van der Waals surface area contributed by atoms with Gasteiger partial charge in [0.1, 0.15) is 5.82 Å². The first-order valence-electron chi connectivity index (χ1n) is 8.87. The Bertz CT molecular complexity index is 933. The Morgan fingerprint density at radius 2 is 1.90 bits per heavy atom. The van der Waals surface area contributed by atoms with E-state index in [1.807, 2.05) is 0 Å². The quantitative estimate of drug-likeness (QED) is 0.700. The molecule has 1 fully saturated rings. The van der Waals surface area contributed by atoms with E-state index in [0.29, 0.717) is 19.4 Å². The van der Waals surface area contributed by atoms with Gasteiger partial charge in [0, 0.05) is 18.7 Å². The zero-order valence-electron chi connectivity index (χ0n) is 15.1. The first kappa shape index (κ1) is 21.1. The molecule has 1 atom stereocenters. The monoisotopic (exact) mass is 428 g/mol. The Hall–Kier alpha value is -2.61. The molecule has 0 spiro atoms. The molecule has 1 heterocycles. The summed E-state index contributed by atoms with van der Waals surface area (Å²) in [5.41, 5.74) is -0.734. The molecule has 2 amide bonds. The number of anilines is 1. The molecule has 29 heavy (non-hydrogen) atoms. The summed E-state index contributed by atoms with van der Waals surface area (Å²) in [5, 5.41) is 2.66. The molecular weight excluding hydrogens is 412 g/mol. The number of carbonyl (C=O) groups is 2. The lowest BCUT2D eigenvalue weighted by Gasteiger charge is -2.32. The number of halogens is 5. The normalized spacial score (nSPS) is 17.1. The van der Waals surface area contributed by atoms with Crippen molar-refractivity contribution in [3.63, 3.8) is 0 Å². The van der Waals surface area contributed by atoms with Crippen LogP contribution in [0.2, 0.25) is 5.02 Å². The molecule has 3 rings (SSSR count). The molecule has 2 aromatic carbocycles. The molecule has 0 aromatic heterocycles. The fraction of sp³-hybridized carbons (Fsp3) is 0.300. The highest BCUT2D eigenvalue weighted by Crippen LogP contribution is 2.30. The minimum Gasteiger partial charge on any atom is -0.338 e. The lowest BCUT2D eigenvalue weighted by molar-refractivity contribution is -0.137. The minimum atomic E-state index is -4.55. The summed E-state index contributed by atoms with van der Waals surface area (Å²) >= 11 is 5.91. The summed E-state index contributed by atoms with van der Waals surface area (Å²) in [6.45, 7) is 0.413. The van der Waals surface area contributed by atoms with Crippen LogP contribution >= 0.6 is 11.6 Å². The second-order valence-corrected chi connectivity index (χ2v) is 7.19. The van der Waals surface area contributed by atoms with Crippen molar-refractivity contribution >= 4 is 29.1 Å². The summed E-state index contributed by atoms with van der Waals surface area (Å²) in [6.07, 6.45) is -3.51. The number of alkyl halides is 3. The third-order valence-corrected chi connectivity index (χ3v) is 5.02. The fourth-order valence-corrected chi connectivity index (χ4v) is 3.43. The van der Waals surface area contributed by atoms with Crippen molar-refractivity contribution in [3.8, 4) is 0 Å². The molecule has 0 radical (unpaired) electrons. The van der Waals surface area contributed by atoms with Crippen molar-refractivity contribution in [1.82, 2.24) is 4.90 Å². The van der Waals surface area contributed by atoms with Gasteiger partial charge in [-0.25, -0.2) is 4.39 Å². The van der Waals surface area contributed by atoms with Crippen LogP contribution in [0.1, 0.15) is 28.8 Å². The Kier molecular flexibility index (Phi) is 6.12. The number of carbonyl (C=O) groups excluding carboxylic acids is 2. The number of rotatable bonds is 3. The smallest absolute Gasteiger partial charge is 0.338 e. The maximum atomic E-state index is 13.1. The Balaban J connectivity index is 1.70. The second kappa shape index (κ2) is 8.41. The average Bonchev–Trinajstić information content (AvgIpc) is 2.69. The second-order valence-electron chi connectivity index (χ2n) is 6.78. The van der Waals surface area contributed by atoms with Crippen molar-refractivity contribution in [2.75, 3.05) is 18.4 Å². The van der Waals surface area contributed by atoms with E-state index in [1.165, 1.54) is 23.1 Å². The molecule has 1 saturated heterocycles. The Morgan fingerprint density at radius 1 is 1.14 bits per heavy atom. The topological polar surface area (TPSA) is 49.4 Å². The fourth-order valence-electron chi connectivity index (χ4n) is 3.21. The van der Waals surface area contributed by atoms with Crippen LogP contribution in [0.4, 0.5) is 23.2 Å². The van der Waals surface area contributed by atoms with E-state index in [4.69, 9.17) is 11.6 Å². The molecule has 9 heteroatoms. The summed E-state index contributed by atoms with van der Waals surface area (Å²) in [4.78, 5) is 26.6. The largest absolute Gasteiger partial charge is 0.416 e. The zero-order valence-corrected chi connectivity index (χ0v) is 15.9. The van der Waals surface area contributed by atoms with E-state index in [1.54, 1.807) is 0 Å². The van der Waals surface area contributed by atoms with Crippen LogP contribution in [0, 0.1) is 11.7 Å². The van der Waals surface area contributed by atoms with Gasteiger partial charge in [-0.2, -0.15) is 13.2 Å². The van der Waals surface area contributed by atoms with E-state index in [-0.39, 0.29) is 28.7 Å². The van der Waals surface area contributed by atoms with Crippen LogP contribution in [0.5, 0.6) is 0 Å². The number of nitrogens with one attached hydrogen (secondary N) is 1. The molecule has 2 aromatic rings. The van der Waals surface area contributed by atoms with Crippen LogP contribution in [0.25, 0.3) is 0 Å². The van der Waals surface area contributed by atoms with Crippen LogP contribution in [0.3, 0.4) is 0 Å².